The topological polar surface area (TPSA) is 156 Å². The standard InChI is InChI=1S/C17H17F3N4O2.C7H13NO2.C2H6/c1-16(2)6-11-13(12(25)7-16)14(17(18,19)20)23-24(11)8-3-4-9(15(22)26)10(21)5-8;8-5-7(9)10-6-3-1-2-4-6;1-2/h3-5H,6-7,21H2,1-2H3,(H2,22,26);6H,1-5,8H2;1-2H3. The molecule has 1 saturated carbocycles. The van der Waals surface area contributed by atoms with Crippen molar-refractivity contribution in [2.75, 3.05) is 12.3 Å². The lowest BCUT2D eigenvalue weighted by atomic mass is 9.75. The number of carbonyl (C=O) groups is 3. The first kappa shape index (κ1) is 30.8. The molecule has 2 aromatic rings. The molecule has 0 radical (unpaired) electrons. The fraction of sp³-hybridized carbons (Fsp3) is 0.538. The van der Waals surface area contributed by atoms with Gasteiger partial charge < -0.3 is 21.9 Å². The molecule has 0 saturated heterocycles. The molecule has 1 heterocycles. The number of alkyl halides is 3. The molecule has 2 aliphatic carbocycles. The van der Waals surface area contributed by atoms with Crippen LogP contribution in [0, 0.1) is 5.41 Å². The molecule has 0 bridgehead atoms. The Morgan fingerprint density at radius 3 is 2.26 bits per heavy atom. The maximum Gasteiger partial charge on any atom is 0.435 e. The number of nitrogen functional groups attached to an aromatic ring is 1. The lowest BCUT2D eigenvalue weighted by Crippen LogP contribution is -2.29. The Hall–Kier alpha value is -3.41. The van der Waals surface area contributed by atoms with Crippen LogP contribution in [0.5, 0.6) is 0 Å². The van der Waals surface area contributed by atoms with E-state index in [1.54, 1.807) is 0 Å². The zero-order valence-corrected chi connectivity index (χ0v) is 22.2. The third kappa shape index (κ3) is 7.33. The molecule has 1 amide bonds. The van der Waals surface area contributed by atoms with Crippen LogP contribution >= 0.6 is 0 Å². The van der Waals surface area contributed by atoms with Gasteiger partial charge in [0.25, 0.3) is 5.91 Å². The second-order valence-electron chi connectivity index (χ2n) is 9.76. The summed E-state index contributed by atoms with van der Waals surface area (Å²) in [5.74, 6) is -1.60. The maximum atomic E-state index is 13.4. The number of hydrogen-bond acceptors (Lipinski definition) is 7. The molecule has 0 aliphatic heterocycles. The predicted octanol–water partition coefficient (Wildman–Crippen LogP) is 4.18. The number of nitrogens with two attached hydrogens (primary N) is 3. The van der Waals surface area contributed by atoms with Crippen molar-refractivity contribution in [3.63, 3.8) is 0 Å². The number of primary amides is 1. The van der Waals surface area contributed by atoms with Crippen molar-refractivity contribution in [2.24, 2.45) is 16.9 Å². The molecule has 1 fully saturated rings. The van der Waals surface area contributed by atoms with E-state index in [0.29, 0.717) is 0 Å². The number of amides is 1. The van der Waals surface area contributed by atoms with Crippen molar-refractivity contribution in [1.82, 2.24) is 9.78 Å². The van der Waals surface area contributed by atoms with Crippen molar-refractivity contribution in [2.45, 2.75) is 78.5 Å². The minimum atomic E-state index is -4.76. The predicted molar refractivity (Wildman–Crippen MR) is 137 cm³/mol. The van der Waals surface area contributed by atoms with E-state index < -0.39 is 34.5 Å². The van der Waals surface area contributed by atoms with Crippen molar-refractivity contribution >= 4 is 23.3 Å². The van der Waals surface area contributed by atoms with Crippen LogP contribution in [0.2, 0.25) is 0 Å². The molecular weight excluding hydrogens is 503 g/mol. The van der Waals surface area contributed by atoms with Gasteiger partial charge in [0.15, 0.2) is 11.5 Å². The summed E-state index contributed by atoms with van der Waals surface area (Å²) in [5, 5.41) is 3.66. The van der Waals surface area contributed by atoms with Gasteiger partial charge >= 0.3 is 12.1 Å². The van der Waals surface area contributed by atoms with Gasteiger partial charge in [-0.1, -0.05) is 27.7 Å². The minimum Gasteiger partial charge on any atom is -0.461 e. The van der Waals surface area contributed by atoms with Gasteiger partial charge in [0.1, 0.15) is 6.10 Å². The van der Waals surface area contributed by atoms with Gasteiger partial charge in [-0.3, -0.25) is 14.4 Å². The fourth-order valence-corrected chi connectivity index (χ4v) is 4.51. The van der Waals surface area contributed by atoms with Crippen LogP contribution in [-0.4, -0.2) is 40.1 Å². The van der Waals surface area contributed by atoms with Gasteiger partial charge in [-0.15, -0.1) is 0 Å². The lowest BCUT2D eigenvalue weighted by molar-refractivity contribution is -0.147. The molecular formula is C26H36F3N5O4. The van der Waals surface area contributed by atoms with Crippen LogP contribution in [0.4, 0.5) is 18.9 Å². The monoisotopic (exact) mass is 539 g/mol. The summed E-state index contributed by atoms with van der Waals surface area (Å²) < 4.78 is 46.3. The van der Waals surface area contributed by atoms with E-state index >= 15 is 0 Å². The molecule has 0 atom stereocenters. The van der Waals surface area contributed by atoms with Crippen LogP contribution < -0.4 is 17.2 Å². The zero-order chi connectivity index (χ0) is 28.8. The van der Waals surface area contributed by atoms with Crippen molar-refractivity contribution in [1.29, 1.82) is 0 Å². The summed E-state index contributed by atoms with van der Waals surface area (Å²) in [6.07, 6.45) is 0.0656. The molecule has 4 rings (SSSR count). The van der Waals surface area contributed by atoms with E-state index in [-0.39, 0.29) is 54.1 Å². The number of carbonyl (C=O) groups excluding carboxylic acids is 3. The average molecular weight is 540 g/mol. The Kier molecular flexibility index (Phi) is 10.1. The van der Waals surface area contributed by atoms with Gasteiger partial charge in [-0.2, -0.15) is 18.3 Å². The summed E-state index contributed by atoms with van der Waals surface area (Å²) in [6, 6.07) is 4.04. The van der Waals surface area contributed by atoms with Crippen LogP contribution in [0.1, 0.15) is 91.9 Å². The Balaban J connectivity index is 0.000000353. The van der Waals surface area contributed by atoms with E-state index in [0.717, 1.165) is 17.5 Å². The highest BCUT2D eigenvalue weighted by molar-refractivity contribution is 6.00. The van der Waals surface area contributed by atoms with E-state index in [1.165, 1.54) is 31.0 Å². The number of anilines is 1. The fourth-order valence-electron chi connectivity index (χ4n) is 4.51. The largest absolute Gasteiger partial charge is 0.461 e. The van der Waals surface area contributed by atoms with Crippen molar-refractivity contribution in [3.05, 3.63) is 40.7 Å². The highest BCUT2D eigenvalue weighted by Crippen LogP contribution is 2.41. The third-order valence-electron chi connectivity index (χ3n) is 6.13. The molecule has 12 heteroatoms. The first-order valence-electron chi connectivity index (χ1n) is 12.5. The maximum absolute atomic E-state index is 13.4. The molecule has 6 N–H and O–H groups in total. The number of rotatable bonds is 4. The number of aromatic nitrogens is 2. The molecule has 1 aromatic carbocycles. The van der Waals surface area contributed by atoms with Crippen molar-refractivity contribution < 1.29 is 32.3 Å². The number of fused-ring (bicyclic) bond motifs is 1. The summed E-state index contributed by atoms with van der Waals surface area (Å²) in [4.78, 5) is 34.3. The van der Waals surface area contributed by atoms with Gasteiger partial charge in [0, 0.05) is 12.1 Å². The van der Waals surface area contributed by atoms with Gasteiger partial charge in [0.05, 0.1) is 29.1 Å². The number of ether oxygens (including phenoxy) is 1. The second-order valence-corrected chi connectivity index (χ2v) is 9.76. The SMILES string of the molecule is CC.CC1(C)CC(=O)c2c(C(F)(F)F)nn(-c3ccc(C(N)=O)c(N)c3)c2C1.NCC(=O)OC1CCCC1. The van der Waals surface area contributed by atoms with Crippen LogP contribution in [0.15, 0.2) is 18.2 Å². The molecule has 0 spiro atoms. The second kappa shape index (κ2) is 12.4. The highest BCUT2D eigenvalue weighted by atomic mass is 19.4. The Morgan fingerprint density at radius 1 is 1.16 bits per heavy atom. The number of hydrogen-bond donors (Lipinski definition) is 3. The number of Topliss-reactive ketones (excluding diaryl/α,β-unsaturated/α-hetero) is 1. The Morgan fingerprint density at radius 2 is 1.76 bits per heavy atom. The molecule has 9 nitrogen and oxygen atoms in total. The summed E-state index contributed by atoms with van der Waals surface area (Å²) >= 11 is 0. The van der Waals surface area contributed by atoms with E-state index in [1.807, 2.05) is 27.7 Å². The summed E-state index contributed by atoms with van der Waals surface area (Å²) in [7, 11) is 0. The summed E-state index contributed by atoms with van der Waals surface area (Å²) in [6.45, 7) is 7.63. The van der Waals surface area contributed by atoms with Crippen LogP contribution in [-0.2, 0) is 22.1 Å². The molecule has 210 valence electrons. The van der Waals surface area contributed by atoms with Gasteiger partial charge in [0.2, 0.25) is 0 Å². The molecule has 2 aliphatic rings. The van der Waals surface area contributed by atoms with Crippen LogP contribution in [0.3, 0.4) is 0 Å². The van der Waals surface area contributed by atoms with E-state index in [9.17, 15) is 27.6 Å². The Labute approximate surface area is 219 Å². The first-order chi connectivity index (χ1) is 17.7. The normalized spacial score (nSPS) is 16.5. The number of esters is 1. The quantitative estimate of drug-likeness (QED) is 0.388. The Bertz CT molecular complexity index is 1170. The molecule has 1 aromatic heterocycles. The summed E-state index contributed by atoms with van der Waals surface area (Å²) in [5.41, 5.74) is 14.4. The number of ketones is 1. The minimum absolute atomic E-state index is 0.0104. The average Bonchev–Trinajstić information content (AvgIpc) is 3.47. The first-order valence-corrected chi connectivity index (χ1v) is 12.5. The molecule has 0 unspecified atom stereocenters. The smallest absolute Gasteiger partial charge is 0.435 e. The zero-order valence-electron chi connectivity index (χ0n) is 22.2. The number of halogens is 3. The third-order valence-corrected chi connectivity index (χ3v) is 6.13. The van der Waals surface area contributed by atoms with Crippen molar-refractivity contribution in [3.8, 4) is 5.69 Å². The van der Waals surface area contributed by atoms with Gasteiger partial charge in [-0.25, -0.2) is 4.68 Å². The lowest BCUT2D eigenvalue weighted by Gasteiger charge is -2.29. The number of benzene rings is 1. The van der Waals surface area contributed by atoms with Crippen LogP contribution in [0.25, 0.3) is 5.69 Å². The highest BCUT2D eigenvalue weighted by Gasteiger charge is 2.45. The van der Waals surface area contributed by atoms with E-state index in [2.05, 4.69) is 5.10 Å². The molecule has 38 heavy (non-hydrogen) atoms. The van der Waals surface area contributed by atoms with E-state index in [4.69, 9.17) is 21.9 Å². The van der Waals surface area contributed by atoms with Gasteiger partial charge in [-0.05, 0) is 55.7 Å². The number of nitrogens with zero attached hydrogens (tertiary/aromatic N) is 2.